The van der Waals surface area contributed by atoms with E-state index >= 15 is 0 Å². The third-order valence-corrected chi connectivity index (χ3v) is 7.29. The van der Waals surface area contributed by atoms with Gasteiger partial charge in [0.25, 0.3) is 5.91 Å². The van der Waals surface area contributed by atoms with E-state index in [0.29, 0.717) is 24.0 Å². The van der Waals surface area contributed by atoms with Gasteiger partial charge in [-0.15, -0.1) is 11.3 Å². The predicted molar refractivity (Wildman–Crippen MR) is 132 cm³/mol. The Labute approximate surface area is 198 Å². The second-order valence-electron chi connectivity index (χ2n) is 8.94. The molecule has 3 aliphatic rings. The van der Waals surface area contributed by atoms with Crippen LogP contribution in [-0.4, -0.2) is 46.7 Å². The number of aliphatic imine (C=N–C) groups is 1. The first-order valence-corrected chi connectivity index (χ1v) is 12.2. The Morgan fingerprint density at radius 3 is 2.82 bits per heavy atom. The maximum Gasteiger partial charge on any atom is 0.274 e. The molecular formula is C26H28N4O2S. The van der Waals surface area contributed by atoms with E-state index in [-0.39, 0.29) is 5.91 Å². The molecule has 0 radical (unpaired) electrons. The summed E-state index contributed by atoms with van der Waals surface area (Å²) in [5.41, 5.74) is 6.34. The minimum absolute atomic E-state index is 0.00479. The van der Waals surface area contributed by atoms with Crippen LogP contribution in [-0.2, 0) is 0 Å². The van der Waals surface area contributed by atoms with Gasteiger partial charge in [-0.1, -0.05) is 17.7 Å². The lowest BCUT2D eigenvalue weighted by Crippen LogP contribution is -2.34. The molecule has 0 N–H and O–H groups in total. The molecule has 6 nitrogen and oxygen atoms in total. The van der Waals surface area contributed by atoms with Crippen molar-refractivity contribution in [2.45, 2.75) is 39.5 Å². The Bertz CT molecular complexity index is 1200. The lowest BCUT2D eigenvalue weighted by Gasteiger charge is -2.23. The highest BCUT2D eigenvalue weighted by Crippen LogP contribution is 2.35. The first-order valence-electron chi connectivity index (χ1n) is 11.4. The van der Waals surface area contributed by atoms with Gasteiger partial charge >= 0.3 is 0 Å². The van der Waals surface area contributed by atoms with Gasteiger partial charge in [0, 0.05) is 49.1 Å². The maximum absolute atomic E-state index is 13.7. The number of aryl methyl sites for hydroxylation is 1. The first kappa shape index (κ1) is 21.8. The molecule has 3 heterocycles. The van der Waals surface area contributed by atoms with E-state index in [9.17, 15) is 4.79 Å². The number of ether oxygens (including phenoxy) is 1. The van der Waals surface area contributed by atoms with Gasteiger partial charge in [-0.25, -0.2) is 9.97 Å². The molecule has 1 saturated carbocycles. The van der Waals surface area contributed by atoms with E-state index < -0.39 is 0 Å². The molecule has 2 aromatic rings. The highest BCUT2D eigenvalue weighted by atomic mass is 32.1. The van der Waals surface area contributed by atoms with Crippen LogP contribution >= 0.6 is 11.3 Å². The molecule has 33 heavy (non-hydrogen) atoms. The standard InChI is InChI=1S/C26H28N4O2S/c1-16-4-8-21-19(13-27-22(21)12-16)10-11-30(15-18-5-6-18)26(31)24-25(33-17(2)29-24)20-7-9-23(32-3)28-14-20/h4,7-9,13-14,18H,5-6,10-12,15H2,1-3H3. The third-order valence-electron chi connectivity index (χ3n) is 6.27. The van der Waals surface area contributed by atoms with Gasteiger partial charge in [-0.05, 0) is 50.7 Å². The van der Waals surface area contributed by atoms with Crippen LogP contribution in [0.4, 0.5) is 0 Å². The van der Waals surface area contributed by atoms with E-state index in [0.717, 1.165) is 40.5 Å². The number of fused-ring (bicyclic) bond motifs is 1. The van der Waals surface area contributed by atoms with Gasteiger partial charge in [0.1, 0.15) is 5.69 Å². The summed E-state index contributed by atoms with van der Waals surface area (Å²) in [5, 5.41) is 0.876. The smallest absolute Gasteiger partial charge is 0.274 e. The predicted octanol–water partition coefficient (Wildman–Crippen LogP) is 5.38. The minimum atomic E-state index is 0.00479. The summed E-state index contributed by atoms with van der Waals surface area (Å²) in [6.07, 6.45) is 12.2. The largest absolute Gasteiger partial charge is 0.481 e. The number of aromatic nitrogens is 2. The quantitative estimate of drug-likeness (QED) is 0.530. The number of thiazole rings is 1. The fourth-order valence-corrected chi connectivity index (χ4v) is 5.17. The SMILES string of the molecule is COc1ccc(-c2sc(C)nc2C(=O)N(CCC2=CN=C3CC(C)=CC=C23)CC2CC2)cn1. The van der Waals surface area contributed by atoms with E-state index in [1.54, 1.807) is 13.3 Å². The number of nitrogens with zero attached hydrogens (tertiary/aromatic N) is 4. The van der Waals surface area contributed by atoms with Crippen LogP contribution in [0.25, 0.3) is 10.4 Å². The van der Waals surface area contributed by atoms with Gasteiger partial charge in [-0.3, -0.25) is 9.79 Å². The zero-order valence-corrected chi connectivity index (χ0v) is 20.1. The van der Waals surface area contributed by atoms with Crippen molar-refractivity contribution in [3.05, 3.63) is 64.1 Å². The van der Waals surface area contributed by atoms with Crippen LogP contribution in [0.5, 0.6) is 5.88 Å². The van der Waals surface area contributed by atoms with Gasteiger partial charge < -0.3 is 9.64 Å². The zero-order valence-electron chi connectivity index (χ0n) is 19.3. The summed E-state index contributed by atoms with van der Waals surface area (Å²) in [6, 6.07) is 3.76. The second kappa shape index (κ2) is 9.06. The van der Waals surface area contributed by atoms with E-state index in [2.05, 4.69) is 34.0 Å². The fraction of sp³-hybridized carbons (Fsp3) is 0.385. The Morgan fingerprint density at radius 1 is 1.24 bits per heavy atom. The van der Waals surface area contributed by atoms with Gasteiger partial charge in [-0.2, -0.15) is 0 Å². The lowest BCUT2D eigenvalue weighted by molar-refractivity contribution is 0.0745. The van der Waals surface area contributed by atoms with Crippen molar-refractivity contribution >= 4 is 23.0 Å². The van der Waals surface area contributed by atoms with Gasteiger partial charge in [0.15, 0.2) is 0 Å². The number of rotatable bonds is 8. The Kier molecular flexibility index (Phi) is 5.98. The van der Waals surface area contributed by atoms with Crippen molar-refractivity contribution < 1.29 is 9.53 Å². The van der Waals surface area contributed by atoms with Crippen molar-refractivity contribution in [1.82, 2.24) is 14.9 Å². The van der Waals surface area contributed by atoms with Crippen LogP contribution in [0.2, 0.25) is 0 Å². The molecule has 0 atom stereocenters. The van der Waals surface area contributed by atoms with E-state index in [4.69, 9.17) is 4.74 Å². The molecule has 5 rings (SSSR count). The van der Waals surface area contributed by atoms with Crippen molar-refractivity contribution in [3.63, 3.8) is 0 Å². The van der Waals surface area contributed by atoms with Crippen molar-refractivity contribution in [2.75, 3.05) is 20.2 Å². The van der Waals surface area contributed by atoms with Crippen molar-refractivity contribution in [3.8, 4) is 16.3 Å². The molecule has 2 aromatic heterocycles. The fourth-order valence-electron chi connectivity index (χ4n) is 4.27. The highest BCUT2D eigenvalue weighted by molar-refractivity contribution is 7.15. The minimum Gasteiger partial charge on any atom is -0.481 e. The Morgan fingerprint density at radius 2 is 2.09 bits per heavy atom. The second-order valence-corrected chi connectivity index (χ2v) is 10.1. The summed E-state index contributed by atoms with van der Waals surface area (Å²) in [7, 11) is 1.60. The number of hydrogen-bond donors (Lipinski definition) is 0. The highest BCUT2D eigenvalue weighted by Gasteiger charge is 2.31. The summed E-state index contributed by atoms with van der Waals surface area (Å²) in [4.78, 5) is 30.2. The topological polar surface area (TPSA) is 67.7 Å². The van der Waals surface area contributed by atoms with Gasteiger partial charge in [0.05, 0.1) is 22.7 Å². The van der Waals surface area contributed by atoms with E-state index in [1.807, 2.05) is 30.2 Å². The van der Waals surface area contributed by atoms with E-state index in [1.165, 1.54) is 40.9 Å². The first-order chi connectivity index (χ1) is 16.0. The van der Waals surface area contributed by atoms with Gasteiger partial charge in [0.2, 0.25) is 5.88 Å². The molecule has 1 fully saturated rings. The molecule has 7 heteroatoms. The third kappa shape index (κ3) is 4.69. The molecule has 1 aliphatic heterocycles. The number of carbonyl (C=O) groups is 1. The number of methoxy groups -OCH3 is 1. The number of amides is 1. The monoisotopic (exact) mass is 460 g/mol. The summed E-state index contributed by atoms with van der Waals surface area (Å²) >= 11 is 1.53. The molecule has 0 unspecified atom stereocenters. The zero-order chi connectivity index (χ0) is 22.9. The summed E-state index contributed by atoms with van der Waals surface area (Å²) in [6.45, 7) is 5.53. The molecular weight excluding hydrogens is 432 g/mol. The molecule has 1 amide bonds. The number of carbonyl (C=O) groups excluding carboxylic acids is 1. The number of hydrogen-bond acceptors (Lipinski definition) is 6. The van der Waals surface area contributed by atoms with Crippen LogP contribution in [0.1, 0.15) is 48.1 Å². The van der Waals surface area contributed by atoms with Crippen LogP contribution in [0.15, 0.2) is 58.4 Å². The Hall–Kier alpha value is -3.06. The normalized spacial score (nSPS) is 17.1. The number of pyridine rings is 1. The molecule has 0 saturated heterocycles. The summed E-state index contributed by atoms with van der Waals surface area (Å²) in [5.74, 6) is 1.16. The molecule has 0 aromatic carbocycles. The number of allylic oxidation sites excluding steroid dienone is 4. The lowest BCUT2D eigenvalue weighted by atomic mass is 9.92. The molecule has 0 spiro atoms. The maximum atomic E-state index is 13.7. The van der Waals surface area contributed by atoms with Crippen LogP contribution in [0.3, 0.4) is 0 Å². The van der Waals surface area contributed by atoms with Crippen molar-refractivity contribution in [2.24, 2.45) is 10.9 Å². The van der Waals surface area contributed by atoms with Crippen LogP contribution < -0.4 is 4.74 Å². The summed E-state index contributed by atoms with van der Waals surface area (Å²) < 4.78 is 5.18. The average Bonchev–Trinajstić information content (AvgIpc) is 3.43. The molecule has 0 bridgehead atoms. The molecule has 2 aliphatic carbocycles. The molecule has 170 valence electrons. The van der Waals surface area contributed by atoms with Crippen LogP contribution in [0, 0.1) is 12.8 Å². The Balaban J connectivity index is 1.36. The average molecular weight is 461 g/mol. The van der Waals surface area contributed by atoms with Crippen molar-refractivity contribution in [1.29, 1.82) is 0 Å².